The van der Waals surface area contributed by atoms with Crippen molar-refractivity contribution in [2.75, 3.05) is 11.9 Å². The van der Waals surface area contributed by atoms with Crippen LogP contribution in [0.15, 0.2) is 55.0 Å². The molecule has 0 spiro atoms. The third kappa shape index (κ3) is 4.68. The van der Waals surface area contributed by atoms with Gasteiger partial charge in [0.25, 0.3) is 5.91 Å². The molecule has 3 rings (SSSR count). The normalized spacial score (nSPS) is 12.0. The predicted molar refractivity (Wildman–Crippen MR) is 101 cm³/mol. The summed E-state index contributed by atoms with van der Waals surface area (Å²) in [7, 11) is 1.25. The Morgan fingerprint density at radius 1 is 0.903 bits per heavy atom. The lowest BCUT2D eigenvalue weighted by molar-refractivity contribution is -0.143. The first-order valence-electron chi connectivity index (χ1n) is 8.83. The topological polar surface area (TPSA) is 46.1 Å². The minimum absolute atomic E-state index is 0.0225. The molecule has 1 amide bonds. The molecule has 0 aliphatic carbocycles. The standard InChI is InChI=1S/C21H15F6N3O/c1-12-16(4-3-6-29-12)17-5-7-28-11-18(17)30(2)19(31)13-8-14(20(22,23)24)10-15(9-13)21(25,26)27/h3-11H,1-2H3. The van der Waals surface area contributed by atoms with Gasteiger partial charge in [-0.2, -0.15) is 26.3 Å². The zero-order valence-electron chi connectivity index (χ0n) is 16.2. The van der Waals surface area contributed by atoms with Crippen LogP contribution in [0.5, 0.6) is 0 Å². The fourth-order valence-electron chi connectivity index (χ4n) is 3.03. The molecule has 2 aromatic heterocycles. The molecule has 1 aromatic carbocycles. The van der Waals surface area contributed by atoms with Gasteiger partial charge in [-0.15, -0.1) is 0 Å². The summed E-state index contributed by atoms with van der Waals surface area (Å²) in [6.07, 6.45) is -5.79. The van der Waals surface area contributed by atoms with Crippen molar-refractivity contribution < 1.29 is 31.1 Å². The number of carbonyl (C=O) groups excluding carboxylic acids is 1. The molecule has 0 aliphatic rings. The number of alkyl halides is 6. The Labute approximate surface area is 173 Å². The first kappa shape index (κ1) is 22.3. The van der Waals surface area contributed by atoms with Crippen LogP contribution >= 0.6 is 0 Å². The van der Waals surface area contributed by atoms with Gasteiger partial charge in [0.2, 0.25) is 0 Å². The predicted octanol–water partition coefficient (Wildman–Crippen LogP) is 5.77. The molecule has 31 heavy (non-hydrogen) atoms. The van der Waals surface area contributed by atoms with Crippen LogP contribution in [0.2, 0.25) is 0 Å². The molecular weight excluding hydrogens is 424 g/mol. The molecule has 0 bridgehead atoms. The molecule has 0 aliphatic heterocycles. The highest BCUT2D eigenvalue weighted by molar-refractivity contribution is 6.08. The Morgan fingerprint density at radius 3 is 2.06 bits per heavy atom. The van der Waals surface area contributed by atoms with E-state index >= 15 is 0 Å². The Balaban J connectivity index is 2.10. The molecule has 0 atom stereocenters. The summed E-state index contributed by atoms with van der Waals surface area (Å²) < 4.78 is 78.9. The van der Waals surface area contributed by atoms with Crippen molar-refractivity contribution in [1.82, 2.24) is 9.97 Å². The molecule has 0 N–H and O–H groups in total. The molecule has 2 heterocycles. The number of benzene rings is 1. The van der Waals surface area contributed by atoms with E-state index in [1.165, 1.54) is 19.4 Å². The maximum atomic E-state index is 13.1. The van der Waals surface area contributed by atoms with Gasteiger partial charge in [-0.3, -0.25) is 14.8 Å². The average Bonchev–Trinajstić information content (AvgIpc) is 2.71. The van der Waals surface area contributed by atoms with E-state index in [9.17, 15) is 31.1 Å². The van der Waals surface area contributed by atoms with Gasteiger partial charge in [0.05, 0.1) is 23.0 Å². The number of hydrogen-bond acceptors (Lipinski definition) is 3. The Kier molecular flexibility index (Phi) is 5.75. The van der Waals surface area contributed by atoms with Crippen molar-refractivity contribution in [1.29, 1.82) is 0 Å². The summed E-state index contributed by atoms with van der Waals surface area (Å²) >= 11 is 0. The fourth-order valence-corrected chi connectivity index (χ4v) is 3.03. The maximum absolute atomic E-state index is 13.1. The van der Waals surface area contributed by atoms with Crippen molar-refractivity contribution >= 4 is 11.6 Å². The smallest absolute Gasteiger partial charge is 0.309 e. The van der Waals surface area contributed by atoms with Crippen LogP contribution in [0.1, 0.15) is 27.2 Å². The van der Waals surface area contributed by atoms with Gasteiger partial charge in [0, 0.05) is 41.8 Å². The fraction of sp³-hybridized carbons (Fsp3) is 0.190. The third-order valence-corrected chi connectivity index (χ3v) is 4.60. The first-order chi connectivity index (χ1) is 14.4. The number of hydrogen-bond donors (Lipinski definition) is 0. The van der Waals surface area contributed by atoms with Gasteiger partial charge in [0.1, 0.15) is 0 Å². The summed E-state index contributed by atoms with van der Waals surface area (Å²) in [4.78, 5) is 22.0. The van der Waals surface area contributed by atoms with E-state index in [-0.39, 0.29) is 11.8 Å². The number of aryl methyl sites for hydroxylation is 1. The Hall–Kier alpha value is -3.43. The summed E-state index contributed by atoms with van der Waals surface area (Å²) in [5.41, 5.74) is -1.91. The second-order valence-electron chi connectivity index (χ2n) is 6.69. The van der Waals surface area contributed by atoms with Gasteiger partial charge in [-0.1, -0.05) is 6.07 Å². The highest BCUT2D eigenvalue weighted by atomic mass is 19.4. The lowest BCUT2D eigenvalue weighted by atomic mass is 10.0. The second kappa shape index (κ2) is 8.01. The SMILES string of the molecule is Cc1ncccc1-c1ccncc1N(C)C(=O)c1cc(C(F)(F)F)cc(C(F)(F)F)c1. The molecule has 3 aromatic rings. The van der Waals surface area contributed by atoms with Gasteiger partial charge in [0.15, 0.2) is 0 Å². The van der Waals surface area contributed by atoms with Crippen molar-refractivity contribution in [3.63, 3.8) is 0 Å². The average molecular weight is 439 g/mol. The van der Waals surface area contributed by atoms with E-state index in [1.54, 1.807) is 31.3 Å². The van der Waals surface area contributed by atoms with Crippen LogP contribution in [-0.4, -0.2) is 22.9 Å². The van der Waals surface area contributed by atoms with Gasteiger partial charge < -0.3 is 4.90 Å². The van der Waals surface area contributed by atoms with Crippen LogP contribution < -0.4 is 4.90 Å². The highest BCUT2D eigenvalue weighted by Crippen LogP contribution is 2.37. The number of rotatable bonds is 3. The monoisotopic (exact) mass is 439 g/mol. The Bertz CT molecular complexity index is 1090. The molecule has 0 unspecified atom stereocenters. The molecular formula is C21H15F6N3O. The minimum atomic E-state index is -5.05. The molecule has 0 saturated carbocycles. The molecule has 4 nitrogen and oxygen atoms in total. The van der Waals surface area contributed by atoms with Crippen LogP contribution in [0.4, 0.5) is 32.0 Å². The summed E-state index contributed by atoms with van der Waals surface area (Å²) in [6.45, 7) is 1.73. The van der Waals surface area contributed by atoms with Crippen LogP contribution in [0, 0.1) is 6.92 Å². The van der Waals surface area contributed by atoms with E-state index in [0.717, 1.165) is 4.90 Å². The van der Waals surface area contributed by atoms with Gasteiger partial charge in [-0.25, -0.2) is 0 Å². The number of amides is 1. The van der Waals surface area contributed by atoms with Crippen LogP contribution in [0.25, 0.3) is 11.1 Å². The van der Waals surface area contributed by atoms with Crippen molar-refractivity contribution in [3.05, 3.63) is 77.4 Å². The second-order valence-corrected chi connectivity index (χ2v) is 6.69. The third-order valence-electron chi connectivity index (χ3n) is 4.60. The molecule has 10 heteroatoms. The number of aromatic nitrogens is 2. The maximum Gasteiger partial charge on any atom is 0.416 e. The number of anilines is 1. The van der Waals surface area contributed by atoms with Crippen molar-refractivity contribution in [2.45, 2.75) is 19.3 Å². The molecule has 0 fully saturated rings. The summed E-state index contributed by atoms with van der Waals surface area (Å²) in [5, 5.41) is 0. The zero-order valence-corrected chi connectivity index (χ0v) is 16.2. The van der Waals surface area contributed by atoms with E-state index in [4.69, 9.17) is 0 Å². The zero-order chi connectivity index (χ0) is 23.0. The van der Waals surface area contributed by atoms with Gasteiger partial charge in [-0.05, 0) is 37.3 Å². The highest BCUT2D eigenvalue weighted by Gasteiger charge is 2.38. The van der Waals surface area contributed by atoms with E-state index in [0.29, 0.717) is 29.0 Å². The number of halogens is 6. The lowest BCUT2D eigenvalue weighted by Gasteiger charge is -2.22. The van der Waals surface area contributed by atoms with Crippen molar-refractivity contribution in [2.24, 2.45) is 0 Å². The quantitative estimate of drug-likeness (QED) is 0.487. The lowest BCUT2D eigenvalue weighted by Crippen LogP contribution is -2.28. The summed E-state index contributed by atoms with van der Waals surface area (Å²) in [6, 6.07) is 5.75. The number of pyridine rings is 2. The first-order valence-corrected chi connectivity index (χ1v) is 8.83. The Morgan fingerprint density at radius 2 is 1.52 bits per heavy atom. The largest absolute Gasteiger partial charge is 0.416 e. The minimum Gasteiger partial charge on any atom is -0.309 e. The van der Waals surface area contributed by atoms with E-state index in [2.05, 4.69) is 9.97 Å². The van der Waals surface area contributed by atoms with Crippen LogP contribution in [0.3, 0.4) is 0 Å². The molecule has 0 radical (unpaired) electrons. The van der Waals surface area contributed by atoms with E-state index in [1.807, 2.05) is 0 Å². The van der Waals surface area contributed by atoms with Crippen LogP contribution in [-0.2, 0) is 12.4 Å². The summed E-state index contributed by atoms with van der Waals surface area (Å²) in [5.74, 6) is -1.05. The number of carbonyl (C=O) groups is 1. The molecule has 162 valence electrons. The molecule has 0 saturated heterocycles. The van der Waals surface area contributed by atoms with Crippen molar-refractivity contribution in [3.8, 4) is 11.1 Å². The van der Waals surface area contributed by atoms with E-state index < -0.39 is 35.0 Å². The van der Waals surface area contributed by atoms with Gasteiger partial charge >= 0.3 is 12.4 Å². The number of nitrogens with zero attached hydrogens (tertiary/aromatic N) is 3.